The predicted octanol–water partition coefficient (Wildman–Crippen LogP) is 3.55. The minimum absolute atomic E-state index is 0.309. The minimum atomic E-state index is -0.918. The van der Waals surface area contributed by atoms with Crippen LogP contribution >= 0.6 is 0 Å². The fraction of sp³-hybridized carbons (Fsp3) is 0.0588. The number of benzene rings is 2. The van der Waals surface area contributed by atoms with Gasteiger partial charge in [0.2, 0.25) is 0 Å². The monoisotopic (exact) mass is 278 g/mol. The summed E-state index contributed by atoms with van der Waals surface area (Å²) in [6.07, 6.45) is 5.32. The highest BCUT2D eigenvalue weighted by atomic mass is 16.4. The Hall–Kier alpha value is -2.88. The molecule has 3 rings (SSSR count). The third-order valence-corrected chi connectivity index (χ3v) is 3.54. The van der Waals surface area contributed by atoms with Crippen LogP contribution in [0.3, 0.4) is 0 Å². The van der Waals surface area contributed by atoms with Crippen molar-refractivity contribution in [2.75, 3.05) is 0 Å². The lowest BCUT2D eigenvalue weighted by Crippen LogP contribution is -2.01. The van der Waals surface area contributed by atoms with Gasteiger partial charge in [0.25, 0.3) is 0 Å². The Morgan fingerprint density at radius 3 is 2.57 bits per heavy atom. The quantitative estimate of drug-likeness (QED) is 0.797. The van der Waals surface area contributed by atoms with Crippen LogP contribution in [0.1, 0.15) is 15.9 Å². The lowest BCUT2D eigenvalue weighted by atomic mass is 9.95. The summed E-state index contributed by atoms with van der Waals surface area (Å²) in [5, 5.41) is 9.36. The lowest BCUT2D eigenvalue weighted by molar-refractivity contribution is 0.0697. The van der Waals surface area contributed by atoms with E-state index in [0.29, 0.717) is 5.56 Å². The lowest BCUT2D eigenvalue weighted by Gasteiger charge is -2.13. The van der Waals surface area contributed by atoms with E-state index in [9.17, 15) is 9.90 Å². The summed E-state index contributed by atoms with van der Waals surface area (Å²) in [4.78, 5) is 15.5. The average molecular weight is 278 g/mol. The molecular formula is C17H14N2O2. The van der Waals surface area contributed by atoms with E-state index in [1.54, 1.807) is 24.7 Å². The number of hydrogen-bond acceptors (Lipinski definition) is 2. The van der Waals surface area contributed by atoms with Crippen LogP contribution in [0.25, 0.3) is 16.8 Å². The number of rotatable bonds is 3. The number of carboxylic acid groups (broad SMARTS) is 1. The Labute approximate surface area is 122 Å². The van der Waals surface area contributed by atoms with Crippen LogP contribution in [0.15, 0.2) is 61.2 Å². The molecule has 4 heteroatoms. The third kappa shape index (κ3) is 2.31. The van der Waals surface area contributed by atoms with E-state index in [-0.39, 0.29) is 0 Å². The molecule has 0 spiro atoms. The first-order valence-electron chi connectivity index (χ1n) is 6.59. The highest BCUT2D eigenvalue weighted by Gasteiger charge is 2.14. The van der Waals surface area contributed by atoms with Crippen molar-refractivity contribution in [2.45, 2.75) is 6.92 Å². The largest absolute Gasteiger partial charge is 0.478 e. The van der Waals surface area contributed by atoms with Crippen molar-refractivity contribution in [3.05, 3.63) is 72.3 Å². The van der Waals surface area contributed by atoms with E-state index in [0.717, 1.165) is 22.4 Å². The van der Waals surface area contributed by atoms with E-state index in [4.69, 9.17) is 0 Å². The minimum Gasteiger partial charge on any atom is -0.478 e. The normalized spacial score (nSPS) is 10.5. The topological polar surface area (TPSA) is 55.1 Å². The van der Waals surface area contributed by atoms with Crippen molar-refractivity contribution in [1.29, 1.82) is 0 Å². The fourth-order valence-corrected chi connectivity index (χ4v) is 2.50. The number of aromatic carboxylic acids is 1. The van der Waals surface area contributed by atoms with Gasteiger partial charge >= 0.3 is 5.97 Å². The van der Waals surface area contributed by atoms with Gasteiger partial charge < -0.3 is 9.67 Å². The summed E-state index contributed by atoms with van der Waals surface area (Å²) in [5.41, 5.74) is 3.96. The zero-order valence-corrected chi connectivity index (χ0v) is 11.5. The van der Waals surface area contributed by atoms with Crippen LogP contribution in [0.5, 0.6) is 0 Å². The van der Waals surface area contributed by atoms with Gasteiger partial charge in [0, 0.05) is 18.1 Å². The molecule has 0 bridgehead atoms. The number of hydrogen-bond donors (Lipinski definition) is 1. The van der Waals surface area contributed by atoms with E-state index in [1.807, 2.05) is 48.0 Å². The second-order valence-corrected chi connectivity index (χ2v) is 4.77. The standard InChI is InChI=1S/C17H14N2O2/c1-12-13(14-5-2-3-6-15(14)17(20)21)7-4-8-16(12)19-10-9-18-11-19/h2-11H,1H3,(H,20,21). The summed E-state index contributed by atoms with van der Waals surface area (Å²) in [5.74, 6) is -0.918. The summed E-state index contributed by atoms with van der Waals surface area (Å²) in [6.45, 7) is 1.99. The van der Waals surface area contributed by atoms with E-state index in [1.165, 1.54) is 0 Å². The number of aromatic nitrogens is 2. The maximum Gasteiger partial charge on any atom is 0.336 e. The number of imidazole rings is 1. The van der Waals surface area contributed by atoms with Gasteiger partial charge in [0.05, 0.1) is 11.9 Å². The number of carbonyl (C=O) groups is 1. The van der Waals surface area contributed by atoms with Gasteiger partial charge in [-0.25, -0.2) is 9.78 Å². The van der Waals surface area contributed by atoms with Crippen LogP contribution in [-0.4, -0.2) is 20.6 Å². The Morgan fingerprint density at radius 1 is 1.10 bits per heavy atom. The molecule has 0 aliphatic heterocycles. The van der Waals surface area contributed by atoms with Crippen LogP contribution < -0.4 is 0 Å². The summed E-state index contributed by atoms with van der Waals surface area (Å²) < 4.78 is 1.92. The molecule has 0 unspecified atom stereocenters. The van der Waals surface area contributed by atoms with E-state index in [2.05, 4.69) is 4.98 Å². The van der Waals surface area contributed by atoms with Crippen LogP contribution in [0.4, 0.5) is 0 Å². The molecule has 0 radical (unpaired) electrons. The van der Waals surface area contributed by atoms with Crippen molar-refractivity contribution in [1.82, 2.24) is 9.55 Å². The maximum atomic E-state index is 11.4. The number of nitrogens with zero attached hydrogens (tertiary/aromatic N) is 2. The Kier molecular flexibility index (Phi) is 3.28. The molecule has 104 valence electrons. The molecule has 21 heavy (non-hydrogen) atoms. The van der Waals surface area contributed by atoms with Crippen LogP contribution in [0.2, 0.25) is 0 Å². The van der Waals surface area contributed by atoms with Gasteiger partial charge in [-0.3, -0.25) is 0 Å². The first kappa shape index (κ1) is 13.1. The van der Waals surface area contributed by atoms with Crippen LogP contribution in [-0.2, 0) is 0 Å². The summed E-state index contributed by atoms with van der Waals surface area (Å²) in [6, 6.07) is 12.9. The summed E-state index contributed by atoms with van der Waals surface area (Å²) in [7, 11) is 0. The Morgan fingerprint density at radius 2 is 1.86 bits per heavy atom. The molecular weight excluding hydrogens is 264 g/mol. The predicted molar refractivity (Wildman–Crippen MR) is 80.7 cm³/mol. The highest BCUT2D eigenvalue weighted by Crippen LogP contribution is 2.30. The van der Waals surface area contributed by atoms with Crippen molar-refractivity contribution < 1.29 is 9.90 Å². The first-order valence-corrected chi connectivity index (χ1v) is 6.59. The molecule has 0 amide bonds. The average Bonchev–Trinajstić information content (AvgIpc) is 3.01. The highest BCUT2D eigenvalue weighted by molar-refractivity contribution is 5.96. The summed E-state index contributed by atoms with van der Waals surface area (Å²) >= 11 is 0. The van der Waals surface area contributed by atoms with Gasteiger partial charge in [-0.05, 0) is 35.7 Å². The second kappa shape index (κ2) is 5.25. The van der Waals surface area contributed by atoms with Gasteiger partial charge in [-0.2, -0.15) is 0 Å². The van der Waals surface area contributed by atoms with Crippen molar-refractivity contribution in [2.24, 2.45) is 0 Å². The van der Waals surface area contributed by atoms with E-state index >= 15 is 0 Å². The van der Waals surface area contributed by atoms with Crippen molar-refractivity contribution in [3.63, 3.8) is 0 Å². The molecule has 0 saturated heterocycles. The van der Waals surface area contributed by atoms with Crippen LogP contribution in [0, 0.1) is 6.92 Å². The molecule has 1 heterocycles. The number of carboxylic acids is 1. The van der Waals surface area contributed by atoms with Gasteiger partial charge in [0.15, 0.2) is 0 Å². The zero-order chi connectivity index (χ0) is 14.8. The molecule has 3 aromatic rings. The van der Waals surface area contributed by atoms with Crippen molar-refractivity contribution >= 4 is 5.97 Å². The molecule has 4 nitrogen and oxygen atoms in total. The SMILES string of the molecule is Cc1c(-c2ccccc2C(=O)O)cccc1-n1ccnc1. The molecule has 1 N–H and O–H groups in total. The first-order chi connectivity index (χ1) is 10.2. The van der Waals surface area contributed by atoms with Gasteiger partial charge in [0.1, 0.15) is 0 Å². The molecule has 1 aromatic heterocycles. The maximum absolute atomic E-state index is 11.4. The van der Waals surface area contributed by atoms with E-state index < -0.39 is 5.97 Å². The molecule has 2 aromatic carbocycles. The zero-order valence-electron chi connectivity index (χ0n) is 11.5. The molecule has 0 aliphatic rings. The van der Waals surface area contributed by atoms with Crippen molar-refractivity contribution in [3.8, 4) is 16.8 Å². The van der Waals surface area contributed by atoms with Gasteiger partial charge in [-0.1, -0.05) is 30.3 Å². The Bertz CT molecular complexity index is 792. The molecule has 0 saturated carbocycles. The smallest absolute Gasteiger partial charge is 0.336 e. The molecule has 0 atom stereocenters. The Balaban J connectivity index is 2.21. The third-order valence-electron chi connectivity index (χ3n) is 3.54. The molecule has 0 aliphatic carbocycles. The fourth-order valence-electron chi connectivity index (χ4n) is 2.50. The van der Waals surface area contributed by atoms with Gasteiger partial charge in [-0.15, -0.1) is 0 Å². The second-order valence-electron chi connectivity index (χ2n) is 4.77. The molecule has 0 fully saturated rings.